The summed E-state index contributed by atoms with van der Waals surface area (Å²) in [5, 5.41) is 24.8. The molecule has 2 N–H and O–H groups in total. The van der Waals surface area contributed by atoms with E-state index >= 15 is 4.79 Å². The number of ether oxygens (including phenoxy) is 1. The van der Waals surface area contributed by atoms with Crippen LogP contribution in [0.15, 0.2) is 103 Å². The van der Waals surface area contributed by atoms with Crippen LogP contribution in [0.4, 0.5) is 21.5 Å². The lowest BCUT2D eigenvalue weighted by atomic mass is 9.49. The van der Waals surface area contributed by atoms with Crippen molar-refractivity contribution in [2.75, 3.05) is 16.9 Å². The Hall–Kier alpha value is -6.08. The summed E-state index contributed by atoms with van der Waals surface area (Å²) in [5.74, 6) is -7.81. The summed E-state index contributed by atoms with van der Waals surface area (Å²) in [5.41, 5.74) is 2.49. The summed E-state index contributed by atoms with van der Waals surface area (Å²) < 4.78 is 19.7. The Bertz CT molecular complexity index is 2280. The van der Waals surface area contributed by atoms with Gasteiger partial charge in [-0.2, -0.15) is 5.01 Å². The number of hydrogen-bond donors (Lipinski definition) is 2. The molecule has 4 amide bonds. The number of hydrazine groups is 1. The molecule has 8 rings (SSSR count). The highest BCUT2D eigenvalue weighted by Gasteiger charge is 2.70. The Morgan fingerprint density at radius 1 is 0.963 bits per heavy atom. The molecule has 4 aromatic rings. The summed E-state index contributed by atoms with van der Waals surface area (Å²) in [6.45, 7) is 1.98. The minimum Gasteiger partial charge on any atom is -0.504 e. The molecule has 2 saturated heterocycles. The number of allylic oxidation sites excluding steroid dienone is 2. The molecule has 54 heavy (non-hydrogen) atoms. The number of benzene rings is 4. The second kappa shape index (κ2) is 13.1. The lowest BCUT2D eigenvalue weighted by molar-refractivity contribution is -0.384. The van der Waals surface area contributed by atoms with E-state index in [0.29, 0.717) is 16.2 Å². The van der Waals surface area contributed by atoms with Gasteiger partial charge in [-0.25, -0.2) is 9.29 Å². The van der Waals surface area contributed by atoms with Crippen LogP contribution in [0.5, 0.6) is 11.5 Å². The highest BCUT2D eigenvalue weighted by atomic mass is 35.5. The topological polar surface area (TPSA) is 159 Å². The fourth-order valence-corrected chi connectivity index (χ4v) is 9.17. The molecule has 2 aliphatic heterocycles. The van der Waals surface area contributed by atoms with Crippen LogP contribution in [0.25, 0.3) is 0 Å². The van der Waals surface area contributed by atoms with Crippen LogP contribution < -0.4 is 15.1 Å². The molecule has 3 fully saturated rings. The lowest BCUT2D eigenvalue weighted by Crippen LogP contribution is -2.53. The zero-order valence-electron chi connectivity index (χ0n) is 28.6. The Kier molecular flexibility index (Phi) is 8.48. The van der Waals surface area contributed by atoms with Crippen LogP contribution in [-0.4, -0.2) is 45.3 Å². The first-order valence-corrected chi connectivity index (χ1v) is 17.8. The third-order valence-corrected chi connectivity index (χ3v) is 11.4. The third-order valence-electron chi connectivity index (χ3n) is 11.2. The fourth-order valence-electron chi connectivity index (χ4n) is 9.04. The van der Waals surface area contributed by atoms with E-state index in [-0.39, 0.29) is 53.6 Å². The number of para-hydroxylation sites is 1. The summed E-state index contributed by atoms with van der Waals surface area (Å²) >= 11 is 6.35. The van der Waals surface area contributed by atoms with E-state index in [1.54, 1.807) is 49.4 Å². The van der Waals surface area contributed by atoms with Crippen LogP contribution in [0.3, 0.4) is 0 Å². The van der Waals surface area contributed by atoms with E-state index < -0.39 is 69.4 Å². The van der Waals surface area contributed by atoms with Crippen molar-refractivity contribution in [2.45, 2.75) is 31.1 Å². The number of nitrogens with zero attached hydrogens (tertiary/aromatic N) is 3. The predicted molar refractivity (Wildman–Crippen MR) is 194 cm³/mol. The van der Waals surface area contributed by atoms with Gasteiger partial charge in [0.05, 0.1) is 46.1 Å². The van der Waals surface area contributed by atoms with Gasteiger partial charge in [0.25, 0.3) is 17.5 Å². The Balaban J connectivity index is 1.33. The van der Waals surface area contributed by atoms with Crippen molar-refractivity contribution >= 4 is 52.3 Å². The highest BCUT2D eigenvalue weighted by molar-refractivity contribution is 6.30. The van der Waals surface area contributed by atoms with Crippen LogP contribution >= 0.6 is 11.6 Å². The number of rotatable bonds is 8. The number of hydrogen-bond acceptors (Lipinski definition) is 9. The molecule has 0 bridgehead atoms. The number of fused-ring (bicyclic) bond motifs is 4. The molecule has 0 spiro atoms. The molecule has 0 radical (unpaired) electrons. The number of anilines is 2. The maximum Gasteiger partial charge on any atom is 0.271 e. The number of nitrogens with one attached hydrogen (secondary N) is 1. The Morgan fingerprint density at radius 2 is 1.69 bits per heavy atom. The zero-order valence-corrected chi connectivity index (χ0v) is 29.4. The molecule has 4 aromatic carbocycles. The summed E-state index contributed by atoms with van der Waals surface area (Å²) in [6.07, 6.45) is 1.88. The average Bonchev–Trinajstić information content (AvgIpc) is 3.54. The Morgan fingerprint density at radius 3 is 2.39 bits per heavy atom. The van der Waals surface area contributed by atoms with Gasteiger partial charge in [0.1, 0.15) is 5.82 Å². The van der Waals surface area contributed by atoms with Crippen LogP contribution in [-0.2, 0) is 24.6 Å². The van der Waals surface area contributed by atoms with Gasteiger partial charge >= 0.3 is 0 Å². The van der Waals surface area contributed by atoms with E-state index in [4.69, 9.17) is 16.3 Å². The minimum absolute atomic E-state index is 0.0357. The van der Waals surface area contributed by atoms with Crippen molar-refractivity contribution in [3.63, 3.8) is 0 Å². The molecule has 6 atom stereocenters. The number of carbonyl (C=O) groups excluding carboxylic acids is 4. The van der Waals surface area contributed by atoms with Crippen LogP contribution in [0.2, 0.25) is 5.02 Å². The molecule has 1 saturated carbocycles. The summed E-state index contributed by atoms with van der Waals surface area (Å²) in [6, 6.07) is 21.9. The van der Waals surface area contributed by atoms with Crippen molar-refractivity contribution < 1.29 is 38.3 Å². The second-order valence-electron chi connectivity index (χ2n) is 13.8. The number of nitro benzene ring substituents is 1. The standard InChI is InChI=1S/C40H32ClFN4O8/c1-2-54-32-8-4-7-29(35(32)47)34-27-17-18-28-33(38(50)44(36(28)48)25-5-3-6-26(19-25)46(52)53)30(27)20-31-37(49)45(43-24-15-13-23(42)14-16-24)39(51)40(31,34)21-9-11-22(41)12-10-21/h3-17,19,28,30-31,33-34,43,47H,2,18,20H2,1H3/t28-,30+,31-,33-,34+,40+/m0/s1. The summed E-state index contributed by atoms with van der Waals surface area (Å²) in [4.78, 5) is 70.6. The van der Waals surface area contributed by atoms with Crippen LogP contribution in [0, 0.1) is 39.6 Å². The normalized spacial score (nSPS) is 25.9. The van der Waals surface area contributed by atoms with Gasteiger partial charge in [0, 0.05) is 28.6 Å². The molecule has 2 heterocycles. The van der Waals surface area contributed by atoms with Gasteiger partial charge < -0.3 is 9.84 Å². The lowest BCUT2D eigenvalue weighted by Gasteiger charge is -2.50. The van der Waals surface area contributed by atoms with Gasteiger partial charge in [-0.15, -0.1) is 0 Å². The number of non-ortho nitro benzene ring substituents is 1. The second-order valence-corrected chi connectivity index (χ2v) is 14.2. The van der Waals surface area contributed by atoms with Crippen LogP contribution in [0.1, 0.15) is 36.8 Å². The van der Waals surface area contributed by atoms with Crippen molar-refractivity contribution in [1.82, 2.24) is 5.01 Å². The number of imide groups is 2. The predicted octanol–water partition coefficient (Wildman–Crippen LogP) is 6.68. The molecular weight excluding hydrogens is 719 g/mol. The van der Waals surface area contributed by atoms with E-state index in [9.17, 15) is 34.0 Å². The number of phenols is 1. The average molecular weight is 751 g/mol. The highest BCUT2D eigenvalue weighted by Crippen LogP contribution is 2.65. The van der Waals surface area contributed by atoms with Gasteiger partial charge in [-0.1, -0.05) is 53.6 Å². The van der Waals surface area contributed by atoms with Crippen molar-refractivity contribution in [3.05, 3.63) is 135 Å². The number of halogens is 2. The molecule has 12 nitrogen and oxygen atoms in total. The van der Waals surface area contributed by atoms with E-state index in [1.807, 2.05) is 6.08 Å². The third kappa shape index (κ3) is 5.17. The van der Waals surface area contributed by atoms with E-state index in [2.05, 4.69) is 5.43 Å². The maximum absolute atomic E-state index is 15.3. The SMILES string of the molecule is CCOc1cccc([C@H]2C3=CC[C@@H]4C(=O)N(c5cccc([N+](=O)[O-])c5)C(=O)[C@@H]4[C@@H]3C[C@H]3C(=O)N(Nc4ccc(F)cc4)C(=O)[C@@]23c2ccc(Cl)cc2)c1O. The maximum atomic E-state index is 15.3. The van der Waals surface area contributed by atoms with Crippen molar-refractivity contribution in [2.24, 2.45) is 23.7 Å². The molecule has 2 aliphatic carbocycles. The van der Waals surface area contributed by atoms with E-state index in [1.165, 1.54) is 48.5 Å². The van der Waals surface area contributed by atoms with Gasteiger partial charge in [-0.3, -0.25) is 34.7 Å². The Labute approximate surface area is 312 Å². The smallest absolute Gasteiger partial charge is 0.271 e. The minimum atomic E-state index is -1.71. The summed E-state index contributed by atoms with van der Waals surface area (Å²) in [7, 11) is 0. The van der Waals surface area contributed by atoms with Crippen molar-refractivity contribution in [3.8, 4) is 11.5 Å². The van der Waals surface area contributed by atoms with Gasteiger partial charge in [0.15, 0.2) is 11.5 Å². The monoisotopic (exact) mass is 750 g/mol. The first-order chi connectivity index (χ1) is 26.0. The number of amides is 4. The largest absolute Gasteiger partial charge is 0.504 e. The molecule has 0 unspecified atom stereocenters. The first-order valence-electron chi connectivity index (χ1n) is 17.4. The first kappa shape index (κ1) is 35.0. The molecule has 14 heteroatoms. The number of carbonyl (C=O) groups is 4. The quantitative estimate of drug-likeness (QED) is 0.0867. The fraction of sp³-hybridized carbons (Fsp3) is 0.250. The van der Waals surface area contributed by atoms with Crippen molar-refractivity contribution in [1.29, 1.82) is 0 Å². The molecule has 0 aromatic heterocycles. The van der Waals surface area contributed by atoms with Gasteiger partial charge in [-0.05, 0) is 79.8 Å². The number of phenolic OH excluding ortho intramolecular Hbond substituents is 1. The number of aromatic hydroxyl groups is 1. The zero-order chi connectivity index (χ0) is 38.1. The molecule has 274 valence electrons. The number of nitro groups is 1. The molecule has 4 aliphatic rings. The van der Waals surface area contributed by atoms with E-state index in [0.717, 1.165) is 9.91 Å². The van der Waals surface area contributed by atoms with Gasteiger partial charge in [0.2, 0.25) is 11.8 Å². The molecular formula is C40H32ClFN4O8.